The molecule has 10 heteroatoms. The second kappa shape index (κ2) is 8.21. The van der Waals surface area contributed by atoms with Crippen molar-refractivity contribution >= 4 is 17.7 Å². The molecule has 0 aliphatic heterocycles. The standard InChI is InChI=1S/C25H27F5N2O2S/c1-11-20(35-21-18(29)16(27)15(26)17(28)19(21)30)22(32(31-11)24(2,3)4)34-23(33)25-8-12-5-13(9-25)7-14(6-12)10-25/h12-14H,5-10H2,1-4H3. The Balaban J connectivity index is 1.55. The minimum atomic E-state index is -2.22. The predicted molar refractivity (Wildman–Crippen MR) is 119 cm³/mol. The highest BCUT2D eigenvalue weighted by molar-refractivity contribution is 7.99. The number of esters is 1. The Morgan fingerprint density at radius 1 is 0.886 bits per heavy atom. The number of nitrogens with zero attached hydrogens (tertiary/aromatic N) is 2. The van der Waals surface area contributed by atoms with Crippen LogP contribution in [0.5, 0.6) is 5.88 Å². The number of aryl methyl sites for hydroxylation is 1. The Kier molecular flexibility index (Phi) is 5.77. The second-order valence-electron chi connectivity index (χ2n) is 11.4. The maximum absolute atomic E-state index is 14.5. The van der Waals surface area contributed by atoms with Crippen LogP contribution in [0.4, 0.5) is 22.0 Å². The van der Waals surface area contributed by atoms with Crippen molar-refractivity contribution in [2.75, 3.05) is 0 Å². The Labute approximate surface area is 204 Å². The van der Waals surface area contributed by atoms with Gasteiger partial charge >= 0.3 is 5.97 Å². The van der Waals surface area contributed by atoms with Crippen LogP contribution in [0.2, 0.25) is 0 Å². The van der Waals surface area contributed by atoms with Gasteiger partial charge in [-0.2, -0.15) is 5.10 Å². The van der Waals surface area contributed by atoms with Crippen LogP contribution in [0.1, 0.15) is 65.0 Å². The van der Waals surface area contributed by atoms with Crippen molar-refractivity contribution in [3.05, 3.63) is 34.8 Å². The monoisotopic (exact) mass is 514 g/mol. The van der Waals surface area contributed by atoms with Gasteiger partial charge in [-0.1, -0.05) is 11.8 Å². The maximum atomic E-state index is 14.5. The molecule has 4 aliphatic carbocycles. The number of ether oxygens (including phenoxy) is 1. The summed E-state index contributed by atoms with van der Waals surface area (Å²) < 4.78 is 77.7. The van der Waals surface area contributed by atoms with Gasteiger partial charge in [0.25, 0.3) is 0 Å². The topological polar surface area (TPSA) is 44.1 Å². The molecule has 4 nitrogen and oxygen atoms in total. The number of rotatable bonds is 4. The normalized spacial score (nSPS) is 27.5. The van der Waals surface area contributed by atoms with E-state index in [2.05, 4.69) is 5.10 Å². The average Bonchev–Trinajstić information content (AvgIpc) is 3.08. The zero-order valence-corrected chi connectivity index (χ0v) is 20.8. The zero-order valence-electron chi connectivity index (χ0n) is 20.0. The Bertz CT molecular complexity index is 1160. The Morgan fingerprint density at radius 3 is 1.80 bits per heavy atom. The fourth-order valence-corrected chi connectivity index (χ4v) is 7.45. The van der Waals surface area contributed by atoms with Crippen LogP contribution in [0.25, 0.3) is 0 Å². The summed E-state index contributed by atoms with van der Waals surface area (Å²) in [7, 11) is 0. The summed E-state index contributed by atoms with van der Waals surface area (Å²) in [5.41, 5.74) is -1.04. The van der Waals surface area contributed by atoms with Gasteiger partial charge in [-0.25, -0.2) is 26.6 Å². The van der Waals surface area contributed by atoms with Crippen molar-refractivity contribution in [3.63, 3.8) is 0 Å². The number of hydrogen-bond acceptors (Lipinski definition) is 4. The molecule has 0 atom stereocenters. The summed E-state index contributed by atoms with van der Waals surface area (Å²) >= 11 is 0.330. The second-order valence-corrected chi connectivity index (χ2v) is 12.4. The van der Waals surface area contributed by atoms with E-state index in [0.29, 0.717) is 29.5 Å². The number of aromatic nitrogens is 2. The molecule has 4 aliphatic rings. The van der Waals surface area contributed by atoms with Gasteiger partial charge < -0.3 is 4.74 Å². The summed E-state index contributed by atoms with van der Waals surface area (Å²) in [5, 5.41) is 4.41. The molecular formula is C25H27F5N2O2S. The molecule has 0 saturated heterocycles. The third kappa shape index (κ3) is 3.96. The molecular weight excluding hydrogens is 487 g/mol. The number of halogens is 5. The summed E-state index contributed by atoms with van der Waals surface area (Å²) in [6, 6.07) is 0. The lowest BCUT2D eigenvalue weighted by Gasteiger charge is -2.55. The molecule has 1 heterocycles. The van der Waals surface area contributed by atoms with Crippen molar-refractivity contribution in [1.82, 2.24) is 9.78 Å². The molecule has 0 amide bonds. The van der Waals surface area contributed by atoms with Crippen molar-refractivity contribution in [3.8, 4) is 5.88 Å². The first-order chi connectivity index (χ1) is 16.3. The SMILES string of the molecule is Cc1nn(C(C)(C)C)c(OC(=O)C23CC4CC(CC(C4)C2)C3)c1Sc1c(F)c(F)c(F)c(F)c1F. The van der Waals surface area contributed by atoms with E-state index in [1.54, 1.807) is 6.92 Å². The molecule has 4 bridgehead atoms. The summed E-state index contributed by atoms with van der Waals surface area (Å²) in [6.45, 7) is 6.98. The van der Waals surface area contributed by atoms with E-state index in [0.717, 1.165) is 38.5 Å². The van der Waals surface area contributed by atoms with Gasteiger partial charge in [0, 0.05) is 0 Å². The van der Waals surface area contributed by atoms with Gasteiger partial charge in [0.05, 0.1) is 26.4 Å². The molecule has 1 aromatic heterocycles. The van der Waals surface area contributed by atoms with Crippen molar-refractivity contribution in [1.29, 1.82) is 0 Å². The number of carbonyl (C=O) groups excluding carboxylic acids is 1. The number of carbonyl (C=O) groups is 1. The highest BCUT2D eigenvalue weighted by Gasteiger charge is 2.56. The first kappa shape index (κ1) is 24.6. The van der Waals surface area contributed by atoms with E-state index in [4.69, 9.17) is 4.74 Å². The van der Waals surface area contributed by atoms with Crippen LogP contribution in [-0.4, -0.2) is 15.7 Å². The van der Waals surface area contributed by atoms with Crippen LogP contribution >= 0.6 is 11.8 Å². The molecule has 0 unspecified atom stereocenters. The zero-order chi connectivity index (χ0) is 25.4. The lowest BCUT2D eigenvalue weighted by atomic mass is 9.49. The molecule has 0 N–H and O–H groups in total. The Morgan fingerprint density at radius 2 is 1.34 bits per heavy atom. The number of hydrogen-bond donors (Lipinski definition) is 0. The summed E-state index contributed by atoms with van der Waals surface area (Å²) in [5.74, 6) is -9.12. The van der Waals surface area contributed by atoms with Crippen LogP contribution in [0.15, 0.2) is 9.79 Å². The van der Waals surface area contributed by atoms with E-state index in [9.17, 15) is 26.7 Å². The van der Waals surface area contributed by atoms with Gasteiger partial charge in [0.15, 0.2) is 23.3 Å². The fourth-order valence-electron chi connectivity index (χ4n) is 6.49. The molecule has 1 aromatic carbocycles. The highest BCUT2D eigenvalue weighted by Crippen LogP contribution is 2.60. The van der Waals surface area contributed by atoms with E-state index >= 15 is 0 Å². The van der Waals surface area contributed by atoms with E-state index < -0.39 is 50.9 Å². The fraction of sp³-hybridized carbons (Fsp3) is 0.600. The lowest BCUT2D eigenvalue weighted by molar-refractivity contribution is -0.162. The molecule has 4 fully saturated rings. The van der Waals surface area contributed by atoms with Gasteiger partial charge in [0.2, 0.25) is 11.7 Å². The smallest absolute Gasteiger partial charge is 0.318 e. The largest absolute Gasteiger partial charge is 0.406 e. The lowest BCUT2D eigenvalue weighted by Crippen LogP contribution is -2.51. The summed E-state index contributed by atoms with van der Waals surface area (Å²) in [6.07, 6.45) is 5.65. The van der Waals surface area contributed by atoms with E-state index in [1.165, 1.54) is 4.68 Å². The maximum Gasteiger partial charge on any atom is 0.318 e. The third-order valence-corrected chi connectivity index (χ3v) is 8.87. The van der Waals surface area contributed by atoms with Gasteiger partial charge in [-0.3, -0.25) is 4.79 Å². The molecule has 4 saturated carbocycles. The summed E-state index contributed by atoms with van der Waals surface area (Å²) in [4.78, 5) is 12.6. The first-order valence-corrected chi connectivity index (χ1v) is 12.6. The van der Waals surface area contributed by atoms with Crippen LogP contribution < -0.4 is 4.74 Å². The third-order valence-electron chi connectivity index (χ3n) is 7.63. The molecule has 190 valence electrons. The quantitative estimate of drug-likeness (QED) is 0.192. The molecule has 6 rings (SSSR count). The van der Waals surface area contributed by atoms with Crippen LogP contribution in [0.3, 0.4) is 0 Å². The first-order valence-electron chi connectivity index (χ1n) is 11.8. The van der Waals surface area contributed by atoms with Gasteiger partial charge in [-0.05, 0) is 84.0 Å². The molecule has 0 radical (unpaired) electrons. The van der Waals surface area contributed by atoms with Crippen LogP contribution in [0, 0.1) is 59.2 Å². The van der Waals surface area contributed by atoms with Crippen LogP contribution in [-0.2, 0) is 10.3 Å². The van der Waals surface area contributed by atoms with Crippen molar-refractivity contribution in [2.24, 2.45) is 23.2 Å². The highest BCUT2D eigenvalue weighted by atomic mass is 32.2. The van der Waals surface area contributed by atoms with E-state index in [-0.39, 0.29) is 16.5 Å². The van der Waals surface area contributed by atoms with Crippen molar-refractivity contribution < 1.29 is 31.5 Å². The van der Waals surface area contributed by atoms with E-state index in [1.807, 2.05) is 20.8 Å². The average molecular weight is 515 g/mol. The molecule has 35 heavy (non-hydrogen) atoms. The van der Waals surface area contributed by atoms with Gasteiger partial charge in [0.1, 0.15) is 0 Å². The minimum Gasteiger partial charge on any atom is -0.406 e. The predicted octanol–water partition coefficient (Wildman–Crippen LogP) is 6.92. The number of benzene rings is 1. The molecule has 0 spiro atoms. The van der Waals surface area contributed by atoms with Crippen molar-refractivity contribution in [2.45, 2.75) is 81.5 Å². The molecule has 2 aromatic rings. The minimum absolute atomic E-state index is 0.0373. The van der Waals surface area contributed by atoms with Gasteiger partial charge in [-0.15, -0.1) is 0 Å². The Hall–Kier alpha value is -2.10.